The molecule has 1 aromatic rings. The summed E-state index contributed by atoms with van der Waals surface area (Å²) in [6.45, 7) is 5.05. The lowest BCUT2D eigenvalue weighted by molar-refractivity contribution is 0.336. The van der Waals surface area contributed by atoms with E-state index >= 15 is 0 Å². The Bertz CT molecular complexity index is 460. The summed E-state index contributed by atoms with van der Waals surface area (Å²) in [5.74, 6) is 0.943. The number of nitrogens with one attached hydrogen (secondary N) is 1. The first kappa shape index (κ1) is 12.9. The first-order valence-electron chi connectivity index (χ1n) is 6.20. The van der Waals surface area contributed by atoms with Crippen LogP contribution in [0.1, 0.15) is 13.3 Å². The van der Waals surface area contributed by atoms with Crippen LogP contribution in [-0.2, 0) is 0 Å². The average molecular weight is 252 g/mol. The molecule has 1 aliphatic heterocycles. The minimum atomic E-state index is -0.229. The van der Waals surface area contributed by atoms with Crippen LogP contribution in [0.5, 0.6) is 5.75 Å². The average Bonchev–Trinajstić information content (AvgIpc) is 2.49. The molecule has 1 N–H and O–H groups in total. The Balaban J connectivity index is 2.35. The number of ether oxygens (including phenoxy) is 1. The van der Waals surface area contributed by atoms with Crippen molar-refractivity contribution >= 4 is 5.82 Å². The molecule has 2 rings (SSSR count). The molecule has 1 atom stereocenters. The SMILES string of the molecule is COc1c(N2CCCN(C)CC2C)nc[nH]c1=O. The second-order valence-corrected chi connectivity index (χ2v) is 4.75. The quantitative estimate of drug-likeness (QED) is 0.821. The van der Waals surface area contributed by atoms with Gasteiger partial charge in [-0.1, -0.05) is 0 Å². The Morgan fingerprint density at radius 2 is 2.28 bits per heavy atom. The van der Waals surface area contributed by atoms with E-state index in [2.05, 4.69) is 33.7 Å². The van der Waals surface area contributed by atoms with Gasteiger partial charge in [0, 0.05) is 19.1 Å². The Labute approximate surface area is 107 Å². The molecule has 0 bridgehead atoms. The van der Waals surface area contributed by atoms with Crippen LogP contribution >= 0.6 is 0 Å². The number of anilines is 1. The van der Waals surface area contributed by atoms with Crippen molar-refractivity contribution in [1.29, 1.82) is 0 Å². The molecule has 1 fully saturated rings. The smallest absolute Gasteiger partial charge is 0.295 e. The topological polar surface area (TPSA) is 61.5 Å². The van der Waals surface area contributed by atoms with Gasteiger partial charge in [0.1, 0.15) is 0 Å². The molecule has 6 heteroatoms. The van der Waals surface area contributed by atoms with Crippen molar-refractivity contribution in [1.82, 2.24) is 14.9 Å². The van der Waals surface area contributed by atoms with Crippen molar-refractivity contribution in [3.05, 3.63) is 16.7 Å². The fourth-order valence-electron chi connectivity index (χ4n) is 2.45. The second-order valence-electron chi connectivity index (χ2n) is 4.75. The summed E-state index contributed by atoms with van der Waals surface area (Å²) in [5.41, 5.74) is -0.229. The lowest BCUT2D eigenvalue weighted by Gasteiger charge is -2.29. The first-order valence-corrected chi connectivity index (χ1v) is 6.20. The molecule has 0 aromatic carbocycles. The van der Waals surface area contributed by atoms with Crippen LogP contribution in [0.25, 0.3) is 0 Å². The number of rotatable bonds is 2. The Kier molecular flexibility index (Phi) is 3.86. The Hall–Kier alpha value is -1.56. The van der Waals surface area contributed by atoms with Crippen LogP contribution in [-0.4, -0.2) is 54.7 Å². The fourth-order valence-corrected chi connectivity index (χ4v) is 2.45. The van der Waals surface area contributed by atoms with E-state index in [9.17, 15) is 4.79 Å². The van der Waals surface area contributed by atoms with Crippen LogP contribution in [0.15, 0.2) is 11.1 Å². The van der Waals surface area contributed by atoms with E-state index in [1.54, 1.807) is 0 Å². The molecule has 0 spiro atoms. The maximum Gasteiger partial charge on any atom is 0.295 e. The number of methoxy groups -OCH3 is 1. The van der Waals surface area contributed by atoms with Crippen molar-refractivity contribution in [2.24, 2.45) is 0 Å². The van der Waals surface area contributed by atoms with Gasteiger partial charge in [-0.05, 0) is 26.9 Å². The summed E-state index contributed by atoms with van der Waals surface area (Å²) in [5, 5.41) is 0. The van der Waals surface area contributed by atoms with E-state index in [1.807, 2.05) is 0 Å². The summed E-state index contributed by atoms with van der Waals surface area (Å²) < 4.78 is 5.18. The number of nitrogens with zero attached hydrogens (tertiary/aromatic N) is 3. The maximum atomic E-state index is 11.7. The number of hydrogen-bond donors (Lipinski definition) is 1. The van der Waals surface area contributed by atoms with Gasteiger partial charge in [0.15, 0.2) is 5.82 Å². The fraction of sp³-hybridized carbons (Fsp3) is 0.667. The van der Waals surface area contributed by atoms with Crippen molar-refractivity contribution in [2.45, 2.75) is 19.4 Å². The van der Waals surface area contributed by atoms with Gasteiger partial charge in [0.2, 0.25) is 5.75 Å². The second kappa shape index (κ2) is 5.39. The number of aromatic nitrogens is 2. The highest BCUT2D eigenvalue weighted by Gasteiger charge is 2.24. The van der Waals surface area contributed by atoms with Crippen LogP contribution in [0, 0.1) is 0 Å². The van der Waals surface area contributed by atoms with E-state index in [-0.39, 0.29) is 5.56 Å². The molecule has 0 amide bonds. The van der Waals surface area contributed by atoms with Crippen molar-refractivity contribution in [2.75, 3.05) is 38.7 Å². The maximum absolute atomic E-state index is 11.7. The minimum absolute atomic E-state index is 0.229. The molecule has 6 nitrogen and oxygen atoms in total. The van der Waals surface area contributed by atoms with Gasteiger partial charge in [-0.15, -0.1) is 0 Å². The molecule has 1 unspecified atom stereocenters. The zero-order valence-corrected chi connectivity index (χ0v) is 11.1. The summed E-state index contributed by atoms with van der Waals surface area (Å²) in [6, 6.07) is 0.306. The summed E-state index contributed by atoms with van der Waals surface area (Å²) >= 11 is 0. The van der Waals surface area contributed by atoms with Gasteiger partial charge in [-0.2, -0.15) is 0 Å². The molecule has 18 heavy (non-hydrogen) atoms. The molecule has 1 aromatic heterocycles. The Morgan fingerprint density at radius 3 is 3.00 bits per heavy atom. The highest BCUT2D eigenvalue weighted by Crippen LogP contribution is 2.24. The van der Waals surface area contributed by atoms with Crippen LogP contribution in [0.4, 0.5) is 5.82 Å². The normalized spacial score (nSPS) is 21.7. The van der Waals surface area contributed by atoms with E-state index in [1.165, 1.54) is 13.4 Å². The van der Waals surface area contributed by atoms with Gasteiger partial charge in [-0.25, -0.2) is 4.98 Å². The molecular weight excluding hydrogens is 232 g/mol. The summed E-state index contributed by atoms with van der Waals surface area (Å²) in [7, 11) is 3.62. The third kappa shape index (κ3) is 2.48. The molecule has 2 heterocycles. The highest BCUT2D eigenvalue weighted by molar-refractivity contribution is 5.51. The van der Waals surface area contributed by atoms with E-state index < -0.39 is 0 Å². The molecule has 0 saturated carbocycles. The van der Waals surface area contributed by atoms with Crippen molar-refractivity contribution in [3.63, 3.8) is 0 Å². The zero-order chi connectivity index (χ0) is 13.1. The summed E-state index contributed by atoms with van der Waals surface area (Å²) in [6.07, 6.45) is 2.49. The van der Waals surface area contributed by atoms with Crippen molar-refractivity contribution in [3.8, 4) is 5.75 Å². The van der Waals surface area contributed by atoms with E-state index in [0.717, 1.165) is 26.1 Å². The predicted octanol–water partition coefficient (Wildman–Crippen LogP) is 0.309. The molecule has 1 saturated heterocycles. The number of aromatic amines is 1. The van der Waals surface area contributed by atoms with Crippen molar-refractivity contribution < 1.29 is 4.74 Å². The van der Waals surface area contributed by atoms with E-state index in [4.69, 9.17) is 4.74 Å². The first-order chi connectivity index (χ1) is 8.63. The molecule has 1 aliphatic rings. The van der Waals surface area contributed by atoms with Gasteiger partial charge >= 0.3 is 0 Å². The largest absolute Gasteiger partial charge is 0.489 e. The number of hydrogen-bond acceptors (Lipinski definition) is 5. The molecule has 0 aliphatic carbocycles. The van der Waals surface area contributed by atoms with Crippen LogP contribution in [0.3, 0.4) is 0 Å². The van der Waals surface area contributed by atoms with Gasteiger partial charge in [0.05, 0.1) is 13.4 Å². The third-order valence-electron chi connectivity index (χ3n) is 3.31. The standard InChI is InChI=1S/C12H20N4O2/c1-9-7-15(2)5-4-6-16(9)11-10(18-3)12(17)14-8-13-11/h8-9H,4-7H2,1-3H3,(H,13,14,17). The zero-order valence-electron chi connectivity index (χ0n) is 11.1. The van der Waals surface area contributed by atoms with Gasteiger partial charge < -0.3 is 19.5 Å². The van der Waals surface area contributed by atoms with E-state index in [0.29, 0.717) is 17.6 Å². The van der Waals surface area contributed by atoms with Gasteiger partial charge in [0.25, 0.3) is 5.56 Å². The monoisotopic (exact) mass is 252 g/mol. The number of H-pyrrole nitrogens is 1. The number of likely N-dealkylation sites (N-methyl/N-ethyl adjacent to an activating group) is 1. The van der Waals surface area contributed by atoms with Gasteiger partial charge in [-0.3, -0.25) is 4.79 Å². The minimum Gasteiger partial charge on any atom is -0.489 e. The molecular formula is C12H20N4O2. The third-order valence-corrected chi connectivity index (χ3v) is 3.31. The molecule has 0 radical (unpaired) electrons. The highest BCUT2D eigenvalue weighted by atomic mass is 16.5. The predicted molar refractivity (Wildman–Crippen MR) is 70.3 cm³/mol. The van der Waals surface area contributed by atoms with Crippen LogP contribution < -0.4 is 15.2 Å². The lowest BCUT2D eigenvalue weighted by Crippen LogP contribution is -2.39. The lowest BCUT2D eigenvalue weighted by atomic mass is 10.2. The Morgan fingerprint density at radius 1 is 1.50 bits per heavy atom. The van der Waals surface area contributed by atoms with Crippen LogP contribution in [0.2, 0.25) is 0 Å². The summed E-state index contributed by atoms with van der Waals surface area (Å²) in [4.78, 5) is 23.0. The molecule has 100 valence electrons.